The standard InChI is InChI=1S/C15H30ClNO2Si/c1-15(2,3)20(4,5)19-12-13-8-9-14(18)17(13)11-7-6-10-16/h13H,6-12H2,1-5H3/t13-/m1/s1. The summed E-state index contributed by atoms with van der Waals surface area (Å²) in [5.41, 5.74) is 0. The SMILES string of the molecule is CC(C)(C)[Si](C)(C)OC[C@H]1CCC(=O)N1CCCCCl. The number of likely N-dealkylation sites (tertiary alicyclic amines) is 1. The van der Waals surface area contributed by atoms with Crippen molar-refractivity contribution in [2.75, 3.05) is 19.0 Å². The molecule has 20 heavy (non-hydrogen) atoms. The zero-order valence-electron chi connectivity index (χ0n) is 13.7. The molecule has 1 fully saturated rings. The topological polar surface area (TPSA) is 29.5 Å². The van der Waals surface area contributed by atoms with E-state index in [-0.39, 0.29) is 17.0 Å². The Morgan fingerprint density at radius 2 is 2.00 bits per heavy atom. The van der Waals surface area contributed by atoms with Gasteiger partial charge >= 0.3 is 0 Å². The Balaban J connectivity index is 2.51. The van der Waals surface area contributed by atoms with Gasteiger partial charge in [0.05, 0.1) is 12.6 Å². The Kier molecular flexibility index (Phi) is 6.54. The first-order chi connectivity index (χ1) is 9.19. The number of unbranched alkanes of at least 4 members (excludes halogenated alkanes) is 1. The second kappa shape index (κ2) is 7.28. The highest BCUT2D eigenvalue weighted by atomic mass is 35.5. The molecular formula is C15H30ClNO2Si. The highest BCUT2D eigenvalue weighted by Gasteiger charge is 2.39. The number of carbonyl (C=O) groups is 1. The van der Waals surface area contributed by atoms with Gasteiger partial charge in [-0.25, -0.2) is 0 Å². The molecule has 5 heteroatoms. The Bertz CT molecular complexity index is 328. The van der Waals surface area contributed by atoms with E-state index in [0.29, 0.717) is 18.9 Å². The second-order valence-electron chi connectivity index (χ2n) is 7.25. The third kappa shape index (κ3) is 4.74. The molecule has 1 saturated heterocycles. The Morgan fingerprint density at radius 3 is 2.55 bits per heavy atom. The highest BCUT2D eigenvalue weighted by molar-refractivity contribution is 6.74. The number of rotatable bonds is 7. The molecule has 0 saturated carbocycles. The van der Waals surface area contributed by atoms with Crippen LogP contribution in [0.15, 0.2) is 0 Å². The van der Waals surface area contributed by atoms with Crippen LogP contribution in [0, 0.1) is 0 Å². The van der Waals surface area contributed by atoms with Crippen molar-refractivity contribution in [3.63, 3.8) is 0 Å². The summed E-state index contributed by atoms with van der Waals surface area (Å²) in [6.07, 6.45) is 3.58. The van der Waals surface area contributed by atoms with Gasteiger partial charge in [-0.05, 0) is 37.4 Å². The molecule has 0 aromatic carbocycles. The van der Waals surface area contributed by atoms with Crippen molar-refractivity contribution < 1.29 is 9.22 Å². The zero-order valence-corrected chi connectivity index (χ0v) is 15.4. The van der Waals surface area contributed by atoms with E-state index in [2.05, 4.69) is 33.9 Å². The molecule has 1 heterocycles. The van der Waals surface area contributed by atoms with Crippen LogP contribution in [0.25, 0.3) is 0 Å². The van der Waals surface area contributed by atoms with E-state index in [1.807, 2.05) is 4.90 Å². The molecule has 1 aliphatic rings. The predicted octanol–water partition coefficient (Wildman–Crippen LogP) is 4.02. The van der Waals surface area contributed by atoms with Crippen LogP contribution in [0.1, 0.15) is 46.5 Å². The van der Waals surface area contributed by atoms with Gasteiger partial charge in [-0.1, -0.05) is 20.8 Å². The molecule has 0 bridgehead atoms. The zero-order chi connectivity index (χ0) is 15.4. The van der Waals surface area contributed by atoms with E-state index in [0.717, 1.165) is 25.8 Å². The number of alkyl halides is 1. The number of hydrogen-bond acceptors (Lipinski definition) is 2. The maximum absolute atomic E-state index is 11.9. The molecule has 0 radical (unpaired) electrons. The summed E-state index contributed by atoms with van der Waals surface area (Å²) in [5, 5.41) is 0.221. The first-order valence-electron chi connectivity index (χ1n) is 7.68. The molecule has 0 aromatic heterocycles. The molecule has 1 amide bonds. The first-order valence-corrected chi connectivity index (χ1v) is 11.1. The number of halogens is 1. The van der Waals surface area contributed by atoms with Crippen molar-refractivity contribution in [2.24, 2.45) is 0 Å². The molecule has 118 valence electrons. The first kappa shape index (κ1) is 18.0. The molecule has 1 aliphatic heterocycles. The van der Waals surface area contributed by atoms with Gasteiger partial charge in [0.2, 0.25) is 5.91 Å². The number of hydrogen-bond donors (Lipinski definition) is 0. The molecule has 0 aliphatic carbocycles. The lowest BCUT2D eigenvalue weighted by Crippen LogP contribution is -2.45. The third-order valence-corrected chi connectivity index (χ3v) is 9.45. The quantitative estimate of drug-likeness (QED) is 0.403. The fourth-order valence-electron chi connectivity index (χ4n) is 2.17. The Labute approximate surface area is 130 Å². The van der Waals surface area contributed by atoms with E-state index in [9.17, 15) is 4.79 Å². The van der Waals surface area contributed by atoms with Crippen LogP contribution in [0.5, 0.6) is 0 Å². The lowest BCUT2D eigenvalue weighted by Gasteiger charge is -2.38. The molecule has 3 nitrogen and oxygen atoms in total. The molecule has 0 unspecified atom stereocenters. The van der Waals surface area contributed by atoms with Gasteiger partial charge < -0.3 is 9.33 Å². The summed E-state index contributed by atoms with van der Waals surface area (Å²) < 4.78 is 6.28. The van der Waals surface area contributed by atoms with Crippen LogP contribution in [0.3, 0.4) is 0 Å². The fourth-order valence-corrected chi connectivity index (χ4v) is 3.40. The molecular weight excluding hydrogens is 290 g/mol. The van der Waals surface area contributed by atoms with Gasteiger partial charge in [0.15, 0.2) is 8.32 Å². The molecule has 0 spiro atoms. The maximum atomic E-state index is 11.9. The van der Waals surface area contributed by atoms with Crippen molar-refractivity contribution in [3.8, 4) is 0 Å². The molecule has 1 rings (SSSR count). The van der Waals surface area contributed by atoms with E-state index in [4.69, 9.17) is 16.0 Å². The summed E-state index contributed by atoms with van der Waals surface area (Å²) >= 11 is 5.71. The summed E-state index contributed by atoms with van der Waals surface area (Å²) in [7, 11) is -1.72. The van der Waals surface area contributed by atoms with E-state index < -0.39 is 8.32 Å². The molecule has 0 aromatic rings. The van der Waals surface area contributed by atoms with Crippen LogP contribution in [0.4, 0.5) is 0 Å². The Hall–Kier alpha value is -0.0631. The van der Waals surface area contributed by atoms with Gasteiger partial charge in [0.1, 0.15) is 0 Å². The summed E-state index contributed by atoms with van der Waals surface area (Å²) in [6, 6.07) is 0.270. The average molecular weight is 320 g/mol. The third-order valence-electron chi connectivity index (χ3n) is 4.68. The Morgan fingerprint density at radius 1 is 1.35 bits per heavy atom. The largest absolute Gasteiger partial charge is 0.415 e. The van der Waals surface area contributed by atoms with Gasteiger partial charge in [-0.3, -0.25) is 4.79 Å². The van der Waals surface area contributed by atoms with Crippen molar-refractivity contribution in [1.29, 1.82) is 0 Å². The van der Waals surface area contributed by atoms with Crippen LogP contribution >= 0.6 is 11.6 Å². The number of nitrogens with zero attached hydrogens (tertiary/aromatic N) is 1. The smallest absolute Gasteiger partial charge is 0.222 e. The summed E-state index contributed by atoms with van der Waals surface area (Å²) in [6.45, 7) is 12.8. The average Bonchev–Trinajstić information content (AvgIpc) is 2.67. The van der Waals surface area contributed by atoms with Crippen LogP contribution in [0.2, 0.25) is 18.1 Å². The van der Waals surface area contributed by atoms with Crippen molar-refractivity contribution >= 4 is 25.8 Å². The van der Waals surface area contributed by atoms with Gasteiger partial charge in [-0.15, -0.1) is 11.6 Å². The van der Waals surface area contributed by atoms with Crippen LogP contribution in [-0.4, -0.2) is 44.2 Å². The highest BCUT2D eigenvalue weighted by Crippen LogP contribution is 2.37. The van der Waals surface area contributed by atoms with E-state index in [1.165, 1.54) is 0 Å². The minimum Gasteiger partial charge on any atom is -0.415 e. The van der Waals surface area contributed by atoms with Crippen LogP contribution in [-0.2, 0) is 9.22 Å². The van der Waals surface area contributed by atoms with Gasteiger partial charge in [0, 0.05) is 18.8 Å². The normalized spacial score (nSPS) is 20.8. The predicted molar refractivity (Wildman–Crippen MR) is 87.8 cm³/mol. The van der Waals surface area contributed by atoms with Crippen molar-refractivity contribution in [3.05, 3.63) is 0 Å². The van der Waals surface area contributed by atoms with Gasteiger partial charge in [0.25, 0.3) is 0 Å². The monoisotopic (exact) mass is 319 g/mol. The summed E-state index contributed by atoms with van der Waals surface area (Å²) in [5.74, 6) is 0.955. The lowest BCUT2D eigenvalue weighted by atomic mass is 10.2. The maximum Gasteiger partial charge on any atom is 0.222 e. The minimum absolute atomic E-state index is 0.221. The van der Waals surface area contributed by atoms with Crippen molar-refractivity contribution in [2.45, 2.75) is 70.6 Å². The van der Waals surface area contributed by atoms with E-state index >= 15 is 0 Å². The lowest BCUT2D eigenvalue weighted by molar-refractivity contribution is -0.129. The van der Waals surface area contributed by atoms with Gasteiger partial charge in [-0.2, -0.15) is 0 Å². The van der Waals surface area contributed by atoms with E-state index in [1.54, 1.807) is 0 Å². The molecule has 0 N–H and O–H groups in total. The second-order valence-corrected chi connectivity index (χ2v) is 12.4. The molecule has 1 atom stereocenters. The summed E-state index contributed by atoms with van der Waals surface area (Å²) in [4.78, 5) is 14.0. The van der Waals surface area contributed by atoms with Crippen LogP contribution < -0.4 is 0 Å². The number of carbonyl (C=O) groups excluding carboxylic acids is 1. The minimum atomic E-state index is -1.72. The number of amides is 1. The fraction of sp³-hybridized carbons (Fsp3) is 0.933. The van der Waals surface area contributed by atoms with Crippen molar-refractivity contribution in [1.82, 2.24) is 4.90 Å².